The van der Waals surface area contributed by atoms with Crippen LogP contribution in [0.25, 0.3) is 5.69 Å². The Morgan fingerprint density at radius 1 is 1.27 bits per heavy atom. The van der Waals surface area contributed by atoms with E-state index in [1.54, 1.807) is 30.3 Å². The van der Waals surface area contributed by atoms with Crippen LogP contribution in [0, 0.1) is 21.4 Å². The summed E-state index contributed by atoms with van der Waals surface area (Å²) in [5.74, 6) is -1.79. The van der Waals surface area contributed by atoms with E-state index in [2.05, 4.69) is 15.5 Å². The van der Waals surface area contributed by atoms with Gasteiger partial charge in [-0.2, -0.15) is 9.94 Å². The first-order chi connectivity index (χ1) is 15.8. The zero-order chi connectivity index (χ0) is 24.0. The maximum atomic E-state index is 12.7. The molecule has 0 aliphatic heterocycles. The van der Waals surface area contributed by atoms with Crippen molar-refractivity contribution in [2.45, 2.75) is 17.0 Å². The number of esters is 1. The lowest BCUT2D eigenvalue weighted by atomic mass is 10.1. The lowest BCUT2D eigenvalue weighted by Gasteiger charge is -2.09. The number of nitro groups is 1. The van der Waals surface area contributed by atoms with E-state index in [0.29, 0.717) is 5.69 Å². The molecule has 0 atom stereocenters. The summed E-state index contributed by atoms with van der Waals surface area (Å²) < 4.78 is 6.44. The number of non-ortho nitro benzene ring substituents is 1. The molecule has 1 heterocycles. The monoisotopic (exact) mass is 465 g/mol. The van der Waals surface area contributed by atoms with Gasteiger partial charge in [-0.3, -0.25) is 14.9 Å². The number of carbonyl (C=O) groups excluding carboxylic acids is 2. The van der Waals surface area contributed by atoms with Crippen LogP contribution >= 0.6 is 11.8 Å². The van der Waals surface area contributed by atoms with E-state index in [0.717, 1.165) is 17.8 Å². The third kappa shape index (κ3) is 5.38. The summed E-state index contributed by atoms with van der Waals surface area (Å²) >= 11 is 0.978. The minimum atomic E-state index is -1.000. The molecule has 0 saturated heterocycles. The van der Waals surface area contributed by atoms with Gasteiger partial charge in [-0.05, 0) is 47.3 Å². The molecular weight excluding hydrogens is 450 g/mol. The zero-order valence-electron chi connectivity index (χ0n) is 17.0. The highest BCUT2D eigenvalue weighted by Crippen LogP contribution is 2.32. The quantitative estimate of drug-likeness (QED) is 0.169. The molecule has 0 bridgehead atoms. The maximum Gasteiger partial charge on any atom is 0.339 e. The van der Waals surface area contributed by atoms with Crippen LogP contribution in [-0.4, -0.2) is 43.5 Å². The number of aromatic nitrogens is 4. The van der Waals surface area contributed by atoms with E-state index in [4.69, 9.17) is 15.7 Å². The lowest BCUT2D eigenvalue weighted by Crippen LogP contribution is -2.18. The average molecular weight is 465 g/mol. The second kappa shape index (κ2) is 10.2. The molecule has 3 aromatic rings. The molecule has 0 fully saturated rings. The first kappa shape index (κ1) is 23.1. The van der Waals surface area contributed by atoms with Gasteiger partial charge in [0.05, 0.1) is 16.2 Å². The molecule has 0 aliphatic carbocycles. The number of hydrogen-bond acceptors (Lipinski definition) is 11. The number of hydrogen-bond donors (Lipinski definition) is 1. The minimum Gasteiger partial charge on any atom is -0.454 e. The molecule has 0 aliphatic rings. The summed E-state index contributed by atoms with van der Waals surface area (Å²) in [6, 6.07) is 14.2. The fourth-order valence-corrected chi connectivity index (χ4v) is 3.49. The Labute approximate surface area is 190 Å². The van der Waals surface area contributed by atoms with Crippen molar-refractivity contribution in [2.24, 2.45) is 5.73 Å². The first-order valence-electron chi connectivity index (χ1n) is 9.18. The fourth-order valence-electron chi connectivity index (χ4n) is 2.60. The van der Waals surface area contributed by atoms with Gasteiger partial charge in [-0.1, -0.05) is 18.2 Å². The molecule has 2 N–H and O–H groups in total. The van der Waals surface area contributed by atoms with Gasteiger partial charge >= 0.3 is 5.97 Å². The number of carbonyl (C=O) groups is 2. The Balaban J connectivity index is 1.90. The Bertz CT molecular complexity index is 1290. The highest BCUT2D eigenvalue weighted by molar-refractivity contribution is 7.99. The molecule has 0 amide bonds. The number of nitriles is 1. The second-order valence-electron chi connectivity index (χ2n) is 6.42. The number of para-hydroxylation sites is 1. The van der Waals surface area contributed by atoms with Crippen LogP contribution in [0.1, 0.15) is 17.3 Å². The number of Topliss-reactive ketones (excluding diaryl/α,β-unsaturated/α-hetero) is 1. The summed E-state index contributed by atoms with van der Waals surface area (Å²) in [7, 11) is 0. The molecule has 0 radical (unpaired) electrons. The average Bonchev–Trinajstić information content (AvgIpc) is 3.26. The van der Waals surface area contributed by atoms with Crippen LogP contribution in [0.15, 0.2) is 69.9 Å². The third-order valence-corrected chi connectivity index (χ3v) is 5.17. The number of nitro benzene ring substituents is 1. The zero-order valence-corrected chi connectivity index (χ0v) is 17.9. The van der Waals surface area contributed by atoms with Gasteiger partial charge in [0, 0.05) is 22.7 Å². The van der Waals surface area contributed by atoms with Crippen LogP contribution in [0.2, 0.25) is 0 Å². The van der Waals surface area contributed by atoms with Gasteiger partial charge in [-0.15, -0.1) is 5.10 Å². The van der Waals surface area contributed by atoms with Crippen molar-refractivity contribution in [3.63, 3.8) is 0 Å². The molecule has 33 heavy (non-hydrogen) atoms. The molecular formula is C20H15N7O5S. The van der Waals surface area contributed by atoms with Crippen molar-refractivity contribution in [1.82, 2.24) is 20.2 Å². The van der Waals surface area contributed by atoms with Gasteiger partial charge in [0.2, 0.25) is 10.9 Å². The van der Waals surface area contributed by atoms with Gasteiger partial charge in [0.25, 0.3) is 5.69 Å². The smallest absolute Gasteiger partial charge is 0.339 e. The van der Waals surface area contributed by atoms with Crippen molar-refractivity contribution in [3.8, 4) is 11.8 Å². The number of nitrogens with two attached hydrogens (primary N) is 1. The van der Waals surface area contributed by atoms with Crippen LogP contribution < -0.4 is 5.73 Å². The lowest BCUT2D eigenvalue weighted by molar-refractivity contribution is -0.384. The largest absolute Gasteiger partial charge is 0.454 e. The van der Waals surface area contributed by atoms with Crippen molar-refractivity contribution >= 4 is 29.2 Å². The number of allylic oxidation sites excluding steroid dienone is 1. The third-order valence-electron chi connectivity index (χ3n) is 4.16. The van der Waals surface area contributed by atoms with Crippen LogP contribution in [0.3, 0.4) is 0 Å². The SMILES string of the molecule is CC(N)=C(C#N)C(=O)COC(=O)c1cc([N+](=O)[O-])ccc1Sc1nnnn1-c1ccccc1. The Kier molecular flexibility index (Phi) is 7.11. The van der Waals surface area contributed by atoms with Gasteiger partial charge < -0.3 is 10.5 Å². The summed E-state index contributed by atoms with van der Waals surface area (Å²) in [6.07, 6.45) is 0. The molecule has 0 spiro atoms. The summed E-state index contributed by atoms with van der Waals surface area (Å²) in [5, 5.41) is 32.0. The maximum absolute atomic E-state index is 12.7. The molecule has 13 heteroatoms. The Morgan fingerprint density at radius 2 is 2.00 bits per heavy atom. The number of tetrazole rings is 1. The Morgan fingerprint density at radius 3 is 2.64 bits per heavy atom. The van der Waals surface area contributed by atoms with Crippen LogP contribution in [0.4, 0.5) is 5.69 Å². The second-order valence-corrected chi connectivity index (χ2v) is 7.43. The predicted molar refractivity (Wildman–Crippen MR) is 114 cm³/mol. The molecule has 0 saturated carbocycles. The van der Waals surface area contributed by atoms with Crippen molar-refractivity contribution in [2.75, 3.05) is 6.61 Å². The summed E-state index contributed by atoms with van der Waals surface area (Å²) in [6.45, 7) is 0.606. The van der Waals surface area contributed by atoms with Crippen LogP contribution in [0.5, 0.6) is 0 Å². The van der Waals surface area contributed by atoms with E-state index in [1.165, 1.54) is 23.7 Å². The van der Waals surface area contributed by atoms with E-state index in [9.17, 15) is 19.7 Å². The van der Waals surface area contributed by atoms with Crippen LogP contribution in [-0.2, 0) is 9.53 Å². The van der Waals surface area contributed by atoms with E-state index < -0.39 is 23.3 Å². The van der Waals surface area contributed by atoms with Crippen molar-refractivity contribution in [3.05, 3.63) is 75.5 Å². The van der Waals surface area contributed by atoms with Crippen molar-refractivity contribution < 1.29 is 19.2 Å². The molecule has 166 valence electrons. The first-order valence-corrected chi connectivity index (χ1v) is 10.00. The highest BCUT2D eigenvalue weighted by atomic mass is 32.2. The summed E-state index contributed by atoms with van der Waals surface area (Å²) in [5.41, 5.74) is 5.27. The van der Waals surface area contributed by atoms with E-state index in [-0.39, 0.29) is 32.6 Å². The summed E-state index contributed by atoms with van der Waals surface area (Å²) in [4.78, 5) is 35.6. The molecule has 12 nitrogen and oxygen atoms in total. The molecule has 1 aromatic heterocycles. The highest BCUT2D eigenvalue weighted by Gasteiger charge is 2.23. The van der Waals surface area contributed by atoms with E-state index >= 15 is 0 Å². The number of ether oxygens (including phenoxy) is 1. The minimum absolute atomic E-state index is 0.0158. The van der Waals surface area contributed by atoms with Gasteiger partial charge in [0.15, 0.2) is 6.61 Å². The predicted octanol–water partition coefficient (Wildman–Crippen LogP) is 2.20. The van der Waals surface area contributed by atoms with Gasteiger partial charge in [-0.25, -0.2) is 4.79 Å². The Hall–Kier alpha value is -4.57. The number of rotatable bonds is 8. The number of benzene rings is 2. The normalized spacial score (nSPS) is 11.3. The standard InChI is InChI=1S/C20H15N7O5S/c1-12(22)16(10-21)17(28)11-32-19(29)15-9-14(27(30)31)7-8-18(15)33-20-23-24-25-26(20)13-5-3-2-4-6-13/h2-9H,11,22H2,1H3. The molecule has 2 aromatic carbocycles. The van der Waals surface area contributed by atoms with Crippen molar-refractivity contribution in [1.29, 1.82) is 5.26 Å². The fraction of sp³-hybridized carbons (Fsp3) is 0.100. The molecule has 0 unspecified atom stereocenters. The number of ketones is 1. The molecule has 3 rings (SSSR count). The number of nitrogens with zero attached hydrogens (tertiary/aromatic N) is 6. The van der Waals surface area contributed by atoms with E-state index in [1.807, 2.05) is 6.07 Å². The topological polar surface area (TPSA) is 180 Å². The van der Waals surface area contributed by atoms with Gasteiger partial charge in [0.1, 0.15) is 11.6 Å².